The van der Waals surface area contributed by atoms with Gasteiger partial charge in [-0.15, -0.1) is 0 Å². The maximum absolute atomic E-state index is 13.5. The van der Waals surface area contributed by atoms with Crippen LogP contribution in [0.25, 0.3) is 22.4 Å². The number of benzene rings is 2. The number of hydrogen-bond acceptors (Lipinski definition) is 6. The van der Waals surface area contributed by atoms with Crippen LogP contribution in [-0.4, -0.2) is 33.2 Å². The van der Waals surface area contributed by atoms with Crippen molar-refractivity contribution < 1.29 is 22.4 Å². The second kappa shape index (κ2) is 10.7. The maximum atomic E-state index is 13.5. The Morgan fingerprint density at radius 1 is 1.25 bits per heavy atom. The predicted molar refractivity (Wildman–Crippen MR) is 133 cm³/mol. The largest absolute Gasteiger partial charge is 0.755 e. The van der Waals surface area contributed by atoms with Crippen LogP contribution < -0.4 is 9.62 Å². The lowest BCUT2D eigenvalue weighted by atomic mass is 10.0. The van der Waals surface area contributed by atoms with Gasteiger partial charge in [0.25, 0.3) is 5.91 Å². The Balaban J connectivity index is 1.81. The summed E-state index contributed by atoms with van der Waals surface area (Å²) < 4.78 is 45.0. The molecule has 0 radical (unpaired) electrons. The fraction of sp³-hybridized carbons (Fsp3) is 0.192. The molecule has 0 bridgehead atoms. The Labute approximate surface area is 209 Å². The molecule has 10 heteroatoms. The van der Waals surface area contributed by atoms with Gasteiger partial charge in [0.1, 0.15) is 17.4 Å². The molecule has 0 saturated heterocycles. The van der Waals surface area contributed by atoms with Crippen LogP contribution in [0.2, 0.25) is 0 Å². The first kappa shape index (κ1) is 25.0. The Morgan fingerprint density at radius 3 is 2.64 bits per heavy atom. The molecular weight excluding hydrogens is 483 g/mol. The van der Waals surface area contributed by atoms with Gasteiger partial charge in [-0.3, -0.25) is 13.3 Å². The quantitative estimate of drug-likeness (QED) is 0.357. The normalized spacial score (nSPS) is 11.8. The highest BCUT2D eigenvalue weighted by Crippen LogP contribution is 2.36. The van der Waals surface area contributed by atoms with Gasteiger partial charge in [0.15, 0.2) is 0 Å². The van der Waals surface area contributed by atoms with E-state index in [9.17, 15) is 17.9 Å². The van der Waals surface area contributed by atoms with Crippen LogP contribution in [0.4, 0.5) is 10.2 Å². The number of hydrogen-bond donors (Lipinski definition) is 1. The van der Waals surface area contributed by atoms with Crippen molar-refractivity contribution in [3.05, 3.63) is 82.7 Å². The van der Waals surface area contributed by atoms with Gasteiger partial charge in [0.2, 0.25) is 5.71 Å². The minimum atomic E-state index is -2.64. The van der Waals surface area contributed by atoms with Crippen molar-refractivity contribution in [3.63, 3.8) is 0 Å². The summed E-state index contributed by atoms with van der Waals surface area (Å²) in [5.74, 6) is -0.443. The van der Waals surface area contributed by atoms with Crippen LogP contribution in [0.1, 0.15) is 34.0 Å². The highest BCUT2D eigenvalue weighted by atomic mass is 32.2. The monoisotopic (exact) mass is 505 g/mol. The van der Waals surface area contributed by atoms with Gasteiger partial charge in [0.05, 0.1) is 22.6 Å². The van der Waals surface area contributed by atoms with Crippen molar-refractivity contribution in [1.29, 1.82) is 5.26 Å². The summed E-state index contributed by atoms with van der Waals surface area (Å²) in [5, 5.41) is 12.1. The maximum Gasteiger partial charge on any atom is 0.255 e. The zero-order valence-corrected chi connectivity index (χ0v) is 20.4. The fourth-order valence-corrected chi connectivity index (χ4v) is 4.50. The van der Waals surface area contributed by atoms with E-state index >= 15 is 0 Å². The Bertz CT molecular complexity index is 1490. The number of carbonyl (C=O) groups is 1. The molecule has 0 aliphatic rings. The molecule has 8 nitrogen and oxygen atoms in total. The number of furan rings is 1. The Kier molecular flexibility index (Phi) is 7.43. The summed E-state index contributed by atoms with van der Waals surface area (Å²) in [6.45, 7) is 1.94. The van der Waals surface area contributed by atoms with E-state index in [1.54, 1.807) is 24.3 Å². The number of halogens is 1. The van der Waals surface area contributed by atoms with Gasteiger partial charge in [-0.25, -0.2) is 4.39 Å². The number of amides is 1. The Morgan fingerprint density at radius 2 is 2.00 bits per heavy atom. The summed E-state index contributed by atoms with van der Waals surface area (Å²) >= 11 is -2.64. The van der Waals surface area contributed by atoms with Crippen molar-refractivity contribution in [2.75, 3.05) is 17.9 Å². The zero-order chi connectivity index (χ0) is 25.8. The SMILES string of the molecule is CCc1cc2c(C(=O)NC)c(-c3ccc(F)cc3)oc2nc1N(CCc1cccc(C#N)c1)S(=O)[O-]. The molecule has 4 aromatic rings. The lowest BCUT2D eigenvalue weighted by Crippen LogP contribution is -2.29. The number of nitrogens with zero attached hydrogens (tertiary/aromatic N) is 3. The van der Waals surface area contributed by atoms with Gasteiger partial charge in [-0.1, -0.05) is 19.1 Å². The molecule has 1 N–H and O–H groups in total. The molecular formula is C26H22FN4O4S-. The number of nitrogens with one attached hydrogen (secondary N) is 1. The third-order valence-electron chi connectivity index (χ3n) is 5.76. The van der Waals surface area contributed by atoms with E-state index in [1.165, 1.54) is 31.3 Å². The van der Waals surface area contributed by atoms with Gasteiger partial charge >= 0.3 is 0 Å². The number of fused-ring (bicyclic) bond motifs is 1. The fourth-order valence-electron chi connectivity index (χ4n) is 3.96. The number of nitriles is 1. The molecule has 1 unspecified atom stereocenters. The molecule has 0 spiro atoms. The summed E-state index contributed by atoms with van der Waals surface area (Å²) in [6.07, 6.45) is 0.801. The van der Waals surface area contributed by atoms with E-state index in [4.69, 9.17) is 9.68 Å². The molecule has 1 amide bonds. The first-order valence-electron chi connectivity index (χ1n) is 11.2. The number of anilines is 1. The van der Waals surface area contributed by atoms with Crippen molar-refractivity contribution in [2.45, 2.75) is 19.8 Å². The van der Waals surface area contributed by atoms with Gasteiger partial charge < -0.3 is 14.3 Å². The molecule has 0 fully saturated rings. The summed E-state index contributed by atoms with van der Waals surface area (Å²) in [6, 6.07) is 16.2. The van der Waals surface area contributed by atoms with E-state index in [-0.39, 0.29) is 29.4 Å². The highest BCUT2D eigenvalue weighted by Gasteiger charge is 2.25. The summed E-state index contributed by atoms with van der Waals surface area (Å²) in [4.78, 5) is 17.3. The van der Waals surface area contributed by atoms with Crippen LogP contribution in [-0.2, 0) is 24.1 Å². The molecule has 2 heterocycles. The molecule has 36 heavy (non-hydrogen) atoms. The van der Waals surface area contributed by atoms with Gasteiger partial charge in [-0.2, -0.15) is 10.2 Å². The minimum absolute atomic E-state index is 0.0852. The van der Waals surface area contributed by atoms with Crippen LogP contribution in [0.15, 0.2) is 59.0 Å². The molecule has 0 aliphatic heterocycles. The van der Waals surface area contributed by atoms with E-state index in [0.29, 0.717) is 34.9 Å². The molecule has 2 aromatic carbocycles. The molecule has 2 aromatic heterocycles. The van der Waals surface area contributed by atoms with E-state index in [0.717, 1.165) is 9.87 Å². The lowest BCUT2D eigenvalue weighted by molar-refractivity contribution is 0.0964. The lowest BCUT2D eigenvalue weighted by Gasteiger charge is -2.27. The molecule has 0 aliphatic carbocycles. The third kappa shape index (κ3) is 4.98. The van der Waals surface area contributed by atoms with Gasteiger partial charge in [0, 0.05) is 30.4 Å². The van der Waals surface area contributed by atoms with Crippen LogP contribution in [0.3, 0.4) is 0 Å². The van der Waals surface area contributed by atoms with Crippen molar-refractivity contribution in [3.8, 4) is 17.4 Å². The molecule has 184 valence electrons. The number of aromatic nitrogens is 1. The van der Waals surface area contributed by atoms with E-state index in [2.05, 4.69) is 16.4 Å². The second-order valence-electron chi connectivity index (χ2n) is 7.95. The van der Waals surface area contributed by atoms with Crippen molar-refractivity contribution >= 4 is 34.1 Å². The zero-order valence-electron chi connectivity index (χ0n) is 19.6. The van der Waals surface area contributed by atoms with Crippen LogP contribution >= 0.6 is 0 Å². The van der Waals surface area contributed by atoms with Crippen LogP contribution in [0, 0.1) is 17.1 Å². The summed E-state index contributed by atoms with van der Waals surface area (Å²) in [5.41, 5.74) is 2.70. The number of carbonyl (C=O) groups excluding carboxylic acids is 1. The van der Waals surface area contributed by atoms with Crippen molar-refractivity contribution in [1.82, 2.24) is 10.3 Å². The predicted octanol–water partition coefficient (Wildman–Crippen LogP) is 4.27. The second-order valence-corrected chi connectivity index (χ2v) is 8.83. The van der Waals surface area contributed by atoms with E-state index in [1.807, 2.05) is 13.0 Å². The number of rotatable bonds is 8. The van der Waals surface area contributed by atoms with E-state index < -0.39 is 23.0 Å². The first-order valence-corrected chi connectivity index (χ1v) is 12.2. The average molecular weight is 506 g/mol. The number of aryl methyl sites for hydroxylation is 1. The van der Waals surface area contributed by atoms with Crippen molar-refractivity contribution in [2.24, 2.45) is 0 Å². The number of pyridine rings is 1. The third-order valence-corrected chi connectivity index (χ3v) is 6.47. The summed E-state index contributed by atoms with van der Waals surface area (Å²) in [7, 11) is 1.49. The topological polar surface area (TPSA) is 122 Å². The Hall–Kier alpha value is -4.07. The molecule has 0 saturated carbocycles. The first-order chi connectivity index (χ1) is 17.4. The highest BCUT2D eigenvalue weighted by molar-refractivity contribution is 7.80. The smallest absolute Gasteiger partial charge is 0.255 e. The van der Waals surface area contributed by atoms with Crippen LogP contribution in [0.5, 0.6) is 0 Å². The van der Waals surface area contributed by atoms with Gasteiger partial charge in [-0.05, 0) is 66.4 Å². The average Bonchev–Trinajstić information content (AvgIpc) is 3.26. The molecule has 1 atom stereocenters. The minimum Gasteiger partial charge on any atom is -0.755 e. The standard InChI is InChI=1S/C26H23FN4O4S/c1-3-18-14-21-22(25(32)29-2)23(19-7-9-20(27)10-8-19)35-26(21)30-24(18)31(36(33)34)12-11-16-5-4-6-17(13-16)15-28/h4-10,13-14H,3,11-12H2,1-2H3,(H,29,32)(H,33,34)/p-1. The molecule has 4 rings (SSSR count).